The summed E-state index contributed by atoms with van der Waals surface area (Å²) in [5.74, 6) is -1.43. The van der Waals surface area contributed by atoms with E-state index in [1.165, 1.54) is 25.8 Å². The molecule has 0 radical (unpaired) electrons. The van der Waals surface area contributed by atoms with Crippen molar-refractivity contribution in [1.82, 2.24) is 15.5 Å². The molecule has 0 aliphatic carbocycles. The highest BCUT2D eigenvalue weighted by Gasteiger charge is 2.45. The van der Waals surface area contributed by atoms with Crippen molar-refractivity contribution in [3.63, 3.8) is 0 Å². The minimum absolute atomic E-state index is 0.0802. The Morgan fingerprint density at radius 2 is 1.96 bits per heavy atom. The number of esters is 1. The molecular formula is C14H23N3O5S. The molecule has 4 amide bonds. The monoisotopic (exact) mass is 345 g/mol. The standard InChI is InChI=1S/C14H23N3O5S/c1-7(2)10-12(19)17(14(21)16-10)9(6-23-5)11(18)15-8(3)13(20)22-4/h7-10H,6H2,1-5H3,(H,15,18)(H,16,21)/t8-,9-,10-/m0/s1. The van der Waals surface area contributed by atoms with Crippen LogP contribution >= 0.6 is 11.8 Å². The number of ether oxygens (including phenoxy) is 1. The predicted molar refractivity (Wildman–Crippen MR) is 85.8 cm³/mol. The third-order valence-electron chi connectivity index (χ3n) is 3.52. The molecule has 0 aromatic heterocycles. The lowest BCUT2D eigenvalue weighted by Crippen LogP contribution is -2.54. The van der Waals surface area contributed by atoms with Gasteiger partial charge in [-0.1, -0.05) is 13.8 Å². The van der Waals surface area contributed by atoms with E-state index in [1.54, 1.807) is 6.26 Å². The highest BCUT2D eigenvalue weighted by atomic mass is 32.2. The summed E-state index contributed by atoms with van der Waals surface area (Å²) in [5, 5.41) is 5.07. The molecule has 0 saturated carbocycles. The number of nitrogens with zero attached hydrogens (tertiary/aromatic N) is 1. The van der Waals surface area contributed by atoms with E-state index in [9.17, 15) is 19.2 Å². The number of methoxy groups -OCH3 is 1. The van der Waals surface area contributed by atoms with Gasteiger partial charge >= 0.3 is 12.0 Å². The Balaban J connectivity index is 2.93. The topological polar surface area (TPSA) is 105 Å². The zero-order chi connectivity index (χ0) is 17.7. The molecule has 1 fully saturated rings. The van der Waals surface area contributed by atoms with Gasteiger partial charge in [-0.05, 0) is 19.1 Å². The van der Waals surface area contributed by atoms with E-state index in [4.69, 9.17) is 0 Å². The molecule has 0 bridgehead atoms. The molecule has 1 heterocycles. The number of imide groups is 1. The maximum absolute atomic E-state index is 12.4. The fourth-order valence-electron chi connectivity index (χ4n) is 2.23. The quantitative estimate of drug-likeness (QED) is 0.496. The van der Waals surface area contributed by atoms with Crippen molar-refractivity contribution in [2.24, 2.45) is 5.92 Å². The number of nitrogens with one attached hydrogen (secondary N) is 2. The molecule has 0 spiro atoms. The third kappa shape index (κ3) is 4.37. The van der Waals surface area contributed by atoms with Gasteiger partial charge in [0.15, 0.2) is 0 Å². The van der Waals surface area contributed by atoms with E-state index >= 15 is 0 Å². The lowest BCUT2D eigenvalue weighted by atomic mass is 10.0. The Kier molecular flexibility index (Phi) is 6.86. The summed E-state index contributed by atoms with van der Waals surface area (Å²) in [6.45, 7) is 5.10. The van der Waals surface area contributed by atoms with Crippen LogP contribution in [0, 0.1) is 5.92 Å². The maximum atomic E-state index is 12.4. The van der Waals surface area contributed by atoms with E-state index in [0.29, 0.717) is 0 Å². The van der Waals surface area contributed by atoms with Gasteiger partial charge < -0.3 is 15.4 Å². The van der Waals surface area contributed by atoms with Gasteiger partial charge in [-0.2, -0.15) is 11.8 Å². The minimum atomic E-state index is -0.978. The van der Waals surface area contributed by atoms with Gasteiger partial charge in [-0.3, -0.25) is 9.59 Å². The van der Waals surface area contributed by atoms with Crippen LogP contribution in [0.5, 0.6) is 0 Å². The average Bonchev–Trinajstić information content (AvgIpc) is 2.79. The molecule has 23 heavy (non-hydrogen) atoms. The lowest BCUT2D eigenvalue weighted by Gasteiger charge is -2.25. The van der Waals surface area contributed by atoms with E-state index in [1.807, 2.05) is 13.8 Å². The van der Waals surface area contributed by atoms with Crippen molar-refractivity contribution < 1.29 is 23.9 Å². The number of carbonyl (C=O) groups excluding carboxylic acids is 4. The first kappa shape index (κ1) is 19.3. The smallest absolute Gasteiger partial charge is 0.328 e. The fourth-order valence-corrected chi connectivity index (χ4v) is 2.85. The zero-order valence-electron chi connectivity index (χ0n) is 13.9. The highest BCUT2D eigenvalue weighted by molar-refractivity contribution is 7.98. The van der Waals surface area contributed by atoms with Gasteiger partial charge in [0.05, 0.1) is 7.11 Å². The number of hydrogen-bond donors (Lipinski definition) is 2. The number of urea groups is 1. The molecule has 130 valence electrons. The van der Waals surface area contributed by atoms with Gasteiger partial charge in [0.25, 0.3) is 5.91 Å². The Morgan fingerprint density at radius 1 is 1.35 bits per heavy atom. The van der Waals surface area contributed by atoms with Crippen molar-refractivity contribution in [3.8, 4) is 0 Å². The van der Waals surface area contributed by atoms with Crippen molar-refractivity contribution in [1.29, 1.82) is 0 Å². The van der Waals surface area contributed by atoms with Crippen molar-refractivity contribution in [3.05, 3.63) is 0 Å². The van der Waals surface area contributed by atoms with Gasteiger partial charge in [-0.15, -0.1) is 0 Å². The minimum Gasteiger partial charge on any atom is -0.467 e. The van der Waals surface area contributed by atoms with E-state index in [-0.39, 0.29) is 11.7 Å². The number of rotatable bonds is 7. The molecule has 1 saturated heterocycles. The molecule has 1 rings (SSSR count). The van der Waals surface area contributed by atoms with Crippen molar-refractivity contribution in [2.45, 2.75) is 38.9 Å². The second-order valence-electron chi connectivity index (χ2n) is 5.60. The number of hydrogen-bond acceptors (Lipinski definition) is 6. The molecule has 2 N–H and O–H groups in total. The van der Waals surface area contributed by atoms with E-state index < -0.39 is 41.9 Å². The van der Waals surface area contributed by atoms with Crippen LogP contribution in [-0.2, 0) is 19.1 Å². The Morgan fingerprint density at radius 3 is 2.39 bits per heavy atom. The average molecular weight is 345 g/mol. The second kappa shape index (κ2) is 8.19. The van der Waals surface area contributed by atoms with Crippen LogP contribution in [-0.4, -0.2) is 66.0 Å². The highest BCUT2D eigenvalue weighted by Crippen LogP contribution is 2.18. The Bertz CT molecular complexity index is 497. The molecule has 9 heteroatoms. The first-order valence-electron chi connectivity index (χ1n) is 7.25. The van der Waals surface area contributed by atoms with Crippen molar-refractivity contribution >= 4 is 35.6 Å². The van der Waals surface area contributed by atoms with E-state index in [2.05, 4.69) is 15.4 Å². The summed E-state index contributed by atoms with van der Waals surface area (Å²) < 4.78 is 4.55. The predicted octanol–water partition coefficient (Wildman–Crippen LogP) is -0.0279. The Hall–Kier alpha value is -1.77. The van der Waals surface area contributed by atoms with Crippen LogP contribution in [0.3, 0.4) is 0 Å². The number of thioether (sulfide) groups is 1. The normalized spacial score (nSPS) is 20.3. The van der Waals surface area contributed by atoms with Crippen LogP contribution in [0.2, 0.25) is 0 Å². The van der Waals surface area contributed by atoms with Crippen LogP contribution in [0.4, 0.5) is 4.79 Å². The molecular weight excluding hydrogens is 322 g/mol. The molecule has 1 aliphatic rings. The number of amides is 4. The van der Waals surface area contributed by atoms with E-state index in [0.717, 1.165) is 4.90 Å². The summed E-state index contributed by atoms with van der Waals surface area (Å²) >= 11 is 1.33. The molecule has 0 aromatic rings. The summed E-state index contributed by atoms with van der Waals surface area (Å²) in [6, 6.07) is -3.07. The number of carbonyl (C=O) groups is 4. The van der Waals surface area contributed by atoms with Crippen LogP contribution in [0.25, 0.3) is 0 Å². The zero-order valence-corrected chi connectivity index (χ0v) is 14.7. The molecule has 0 unspecified atom stereocenters. The summed E-state index contributed by atoms with van der Waals surface area (Å²) in [4.78, 5) is 49.3. The SMILES string of the molecule is COC(=O)[C@H](C)NC(=O)[C@H](CSC)N1C(=O)N[C@@H](C(C)C)C1=O. The molecule has 8 nitrogen and oxygen atoms in total. The first-order valence-corrected chi connectivity index (χ1v) is 8.64. The van der Waals surface area contributed by atoms with Crippen LogP contribution < -0.4 is 10.6 Å². The maximum Gasteiger partial charge on any atom is 0.328 e. The summed E-state index contributed by atoms with van der Waals surface area (Å²) in [7, 11) is 1.22. The van der Waals surface area contributed by atoms with Crippen molar-refractivity contribution in [2.75, 3.05) is 19.1 Å². The summed E-state index contributed by atoms with van der Waals surface area (Å²) in [5.41, 5.74) is 0. The lowest BCUT2D eigenvalue weighted by molar-refractivity contribution is -0.145. The molecule has 0 aromatic carbocycles. The molecule has 3 atom stereocenters. The van der Waals surface area contributed by atoms with Gasteiger partial charge in [0.2, 0.25) is 5.91 Å². The van der Waals surface area contributed by atoms with Gasteiger partial charge in [0.1, 0.15) is 18.1 Å². The van der Waals surface area contributed by atoms with Gasteiger partial charge in [0, 0.05) is 5.75 Å². The Labute approximate surface area is 139 Å². The van der Waals surface area contributed by atoms with Crippen LogP contribution in [0.15, 0.2) is 0 Å². The fraction of sp³-hybridized carbons (Fsp3) is 0.714. The largest absolute Gasteiger partial charge is 0.467 e. The third-order valence-corrected chi connectivity index (χ3v) is 4.17. The second-order valence-corrected chi connectivity index (χ2v) is 6.51. The van der Waals surface area contributed by atoms with Crippen LogP contribution in [0.1, 0.15) is 20.8 Å². The first-order chi connectivity index (χ1) is 10.7. The van der Waals surface area contributed by atoms with Gasteiger partial charge in [-0.25, -0.2) is 14.5 Å². The summed E-state index contributed by atoms with van der Waals surface area (Å²) in [6.07, 6.45) is 1.77. The molecule has 1 aliphatic heterocycles.